The second-order valence-electron chi connectivity index (χ2n) is 19.7. The third kappa shape index (κ3) is 12.7. The van der Waals surface area contributed by atoms with E-state index < -0.39 is 30.4 Å². The summed E-state index contributed by atoms with van der Waals surface area (Å²) in [6, 6.07) is 17.9. The Morgan fingerprint density at radius 2 is 1.60 bits per heavy atom. The number of piperazine rings is 1. The van der Waals surface area contributed by atoms with Gasteiger partial charge in [0.25, 0.3) is 11.8 Å². The molecule has 2 fully saturated rings. The lowest BCUT2D eigenvalue weighted by Crippen LogP contribution is -2.52. The van der Waals surface area contributed by atoms with Crippen LogP contribution in [-0.4, -0.2) is 156 Å². The molecule has 6 aromatic rings. The highest BCUT2D eigenvalue weighted by Crippen LogP contribution is 2.43. The van der Waals surface area contributed by atoms with Crippen LogP contribution in [0.5, 0.6) is 11.5 Å². The van der Waals surface area contributed by atoms with Gasteiger partial charge in [-0.15, -0.1) is 0 Å². The molecule has 5 heterocycles. The molecule has 0 bridgehead atoms. The first-order valence-corrected chi connectivity index (χ1v) is 27.2. The smallest absolute Gasteiger partial charge is 0.493 e. The lowest BCUT2D eigenvalue weighted by atomic mass is 9.98. The van der Waals surface area contributed by atoms with Crippen LogP contribution in [0, 0.1) is 19.7 Å². The average molecular weight is 1120 g/mol. The van der Waals surface area contributed by atoms with Crippen molar-refractivity contribution in [2.45, 2.75) is 78.8 Å². The Morgan fingerprint density at radius 1 is 0.850 bits per heavy atom. The van der Waals surface area contributed by atoms with Gasteiger partial charge in [-0.3, -0.25) is 34.1 Å². The summed E-state index contributed by atoms with van der Waals surface area (Å²) in [5.41, 5.74) is 5.56. The SMILES string of the molecule is CCOCCOCCOC(=O)OC(C)OC(=O)c1c(CCCOc2cccc3cc(F)ccc23)c2ccc(Cl)c(-c3c(C)nn(C)c3C)c2n1CCN1CCN(C(=O)COc2cccc3c2CN(C2CCC(=O)NC2=O)C3=O)CC1. The van der Waals surface area contributed by atoms with Crippen LogP contribution in [0.15, 0.2) is 66.7 Å². The van der Waals surface area contributed by atoms with E-state index in [0.29, 0.717) is 115 Å². The number of ether oxygens (including phenoxy) is 7. The lowest BCUT2D eigenvalue weighted by Gasteiger charge is -2.35. The first-order valence-electron chi connectivity index (χ1n) is 26.9. The fourth-order valence-electron chi connectivity index (χ4n) is 10.7. The average Bonchev–Trinajstić information content (AvgIpc) is 4.07. The molecule has 2 unspecified atom stereocenters. The van der Waals surface area contributed by atoms with Gasteiger partial charge in [-0.05, 0) is 93.4 Å². The second-order valence-corrected chi connectivity index (χ2v) is 20.1. The Morgan fingerprint density at radius 3 is 2.36 bits per heavy atom. The molecule has 22 heteroatoms. The minimum atomic E-state index is -1.37. The first-order chi connectivity index (χ1) is 38.6. The molecule has 3 aliphatic heterocycles. The lowest BCUT2D eigenvalue weighted by molar-refractivity contribution is -0.137. The standard InChI is InChI=1S/C58H65ClFN7O13/c1-6-74-28-29-75-30-31-77-58(73)80-37(4)79-57(72)54-41(12-9-27-76-47-13-7-10-38-32-39(60)15-16-40(38)47)42-17-18-45(59)52(51-35(2)62-63(5)36(51)3)53(42)66(54)26-23-64-21-24-65(25-22-64)50(69)34-78-48-14-8-11-43-44(48)33-67(56(43)71)46-19-20-49(68)61-55(46)70/h7-8,10-11,13-18,32,37,46H,6,9,12,19-31,33-34H2,1-5H3,(H,61,68,70). The molecule has 3 aliphatic rings. The van der Waals surface area contributed by atoms with Gasteiger partial charge in [-0.1, -0.05) is 35.9 Å². The number of piperidine rings is 1. The fraction of sp³-hybridized carbons (Fsp3) is 0.431. The van der Waals surface area contributed by atoms with Crippen LogP contribution >= 0.6 is 11.6 Å². The van der Waals surface area contributed by atoms with E-state index in [1.54, 1.807) is 39.9 Å². The molecule has 20 nitrogen and oxygen atoms in total. The van der Waals surface area contributed by atoms with Gasteiger partial charge in [-0.2, -0.15) is 5.10 Å². The predicted octanol–water partition coefficient (Wildman–Crippen LogP) is 7.31. The molecular formula is C58H65ClFN7O13. The summed E-state index contributed by atoms with van der Waals surface area (Å²) < 4.78 is 57.5. The summed E-state index contributed by atoms with van der Waals surface area (Å²) in [7, 11) is 1.85. The highest BCUT2D eigenvalue weighted by atomic mass is 35.5. The van der Waals surface area contributed by atoms with Gasteiger partial charge in [0.1, 0.15) is 35.7 Å². The quantitative estimate of drug-likeness (QED) is 0.0289. The number of imide groups is 1. The normalized spacial score (nSPS) is 16.0. The molecule has 0 aliphatic carbocycles. The summed E-state index contributed by atoms with van der Waals surface area (Å²) in [4.78, 5) is 84.7. The number of benzene rings is 4. The highest BCUT2D eigenvalue weighted by molar-refractivity contribution is 6.35. The maximum absolute atomic E-state index is 14.9. The van der Waals surface area contributed by atoms with Crippen molar-refractivity contribution in [2.24, 2.45) is 7.05 Å². The zero-order chi connectivity index (χ0) is 56.6. The van der Waals surface area contributed by atoms with Crippen molar-refractivity contribution in [3.8, 4) is 22.6 Å². The van der Waals surface area contributed by atoms with Crippen molar-refractivity contribution in [3.63, 3.8) is 0 Å². The number of amides is 4. The molecule has 2 saturated heterocycles. The van der Waals surface area contributed by atoms with Gasteiger partial charge in [0.05, 0.1) is 49.2 Å². The minimum Gasteiger partial charge on any atom is -0.493 e. The van der Waals surface area contributed by atoms with Crippen LogP contribution < -0.4 is 14.8 Å². The molecule has 424 valence electrons. The number of carbonyl (C=O) groups is 6. The Balaban J connectivity index is 0.939. The molecular weight excluding hydrogens is 1060 g/mol. The Labute approximate surface area is 466 Å². The van der Waals surface area contributed by atoms with E-state index in [1.807, 2.05) is 56.7 Å². The van der Waals surface area contributed by atoms with Gasteiger partial charge in [0, 0.05) is 105 Å². The third-order valence-corrected chi connectivity index (χ3v) is 15.0. The van der Waals surface area contributed by atoms with Crippen LogP contribution in [0.4, 0.5) is 9.18 Å². The number of rotatable bonds is 23. The molecule has 80 heavy (non-hydrogen) atoms. The molecule has 2 aromatic heterocycles. The Kier molecular flexibility index (Phi) is 18.3. The van der Waals surface area contributed by atoms with Crippen molar-refractivity contribution in [1.29, 1.82) is 0 Å². The predicted molar refractivity (Wildman–Crippen MR) is 292 cm³/mol. The second kappa shape index (κ2) is 25.7. The number of carbonyl (C=O) groups excluding carboxylic acids is 6. The number of aromatic nitrogens is 3. The molecule has 4 aromatic carbocycles. The fourth-order valence-corrected chi connectivity index (χ4v) is 10.9. The van der Waals surface area contributed by atoms with E-state index >= 15 is 0 Å². The van der Waals surface area contributed by atoms with Gasteiger partial charge >= 0.3 is 12.1 Å². The number of fused-ring (bicyclic) bond motifs is 3. The largest absolute Gasteiger partial charge is 0.511 e. The van der Waals surface area contributed by atoms with E-state index in [2.05, 4.69) is 10.2 Å². The molecule has 0 radical (unpaired) electrons. The number of halogens is 2. The first kappa shape index (κ1) is 57.1. The van der Waals surface area contributed by atoms with Crippen LogP contribution in [0.2, 0.25) is 5.02 Å². The van der Waals surface area contributed by atoms with E-state index in [-0.39, 0.29) is 81.6 Å². The van der Waals surface area contributed by atoms with Crippen LogP contribution in [0.3, 0.4) is 0 Å². The number of aryl methyl sites for hydroxylation is 3. The van der Waals surface area contributed by atoms with Gasteiger partial charge in [0.2, 0.25) is 18.1 Å². The maximum Gasteiger partial charge on any atom is 0.511 e. The molecule has 9 rings (SSSR count). The molecule has 1 N–H and O–H groups in total. The molecule has 0 saturated carbocycles. The zero-order valence-electron chi connectivity index (χ0n) is 45.5. The van der Waals surface area contributed by atoms with E-state index in [9.17, 15) is 33.2 Å². The van der Waals surface area contributed by atoms with Crippen LogP contribution in [-0.2, 0) is 64.6 Å². The van der Waals surface area contributed by atoms with E-state index in [0.717, 1.165) is 27.7 Å². The number of esters is 1. The van der Waals surface area contributed by atoms with Crippen molar-refractivity contribution < 1.29 is 66.3 Å². The van der Waals surface area contributed by atoms with Crippen molar-refractivity contribution in [2.75, 3.05) is 79.0 Å². The molecule has 4 amide bonds. The highest BCUT2D eigenvalue weighted by Gasteiger charge is 2.40. The number of hydrogen-bond acceptors (Lipinski definition) is 15. The van der Waals surface area contributed by atoms with Gasteiger partial charge in [-0.25, -0.2) is 14.0 Å². The Hall–Kier alpha value is -7.59. The van der Waals surface area contributed by atoms with Crippen LogP contribution in [0.1, 0.15) is 76.5 Å². The number of nitrogens with zero attached hydrogens (tertiary/aromatic N) is 6. The molecule has 0 spiro atoms. The van der Waals surface area contributed by atoms with Crippen molar-refractivity contribution in [1.82, 2.24) is 34.4 Å². The molecule has 2 atom stereocenters. The monoisotopic (exact) mass is 1120 g/mol. The number of hydrogen-bond donors (Lipinski definition) is 1. The summed E-state index contributed by atoms with van der Waals surface area (Å²) >= 11 is 7.23. The summed E-state index contributed by atoms with van der Waals surface area (Å²) in [5, 5.41) is 9.67. The third-order valence-electron chi connectivity index (χ3n) is 14.7. The topological polar surface area (TPSA) is 212 Å². The van der Waals surface area contributed by atoms with Crippen molar-refractivity contribution >= 4 is 69.0 Å². The Bertz CT molecular complexity index is 3320. The zero-order valence-corrected chi connectivity index (χ0v) is 46.2. The van der Waals surface area contributed by atoms with Gasteiger partial charge in [0.15, 0.2) is 6.61 Å². The maximum atomic E-state index is 14.9. The van der Waals surface area contributed by atoms with E-state index in [4.69, 9.17) is 49.9 Å². The van der Waals surface area contributed by atoms with E-state index in [1.165, 1.54) is 24.0 Å². The number of nitrogens with one attached hydrogen (secondary N) is 1. The summed E-state index contributed by atoms with van der Waals surface area (Å²) in [6.45, 7) is 11.0. The van der Waals surface area contributed by atoms with Crippen LogP contribution in [0.25, 0.3) is 32.8 Å². The minimum absolute atomic E-state index is 0.0955. The summed E-state index contributed by atoms with van der Waals surface area (Å²) in [6.07, 6.45) is -1.29. The van der Waals surface area contributed by atoms with Crippen molar-refractivity contribution in [3.05, 3.63) is 111 Å². The summed E-state index contributed by atoms with van der Waals surface area (Å²) in [5.74, 6) is -1.64. The van der Waals surface area contributed by atoms with Gasteiger partial charge < -0.3 is 47.5 Å².